The van der Waals surface area contributed by atoms with E-state index in [1.807, 2.05) is 49.4 Å². The lowest BCUT2D eigenvalue weighted by molar-refractivity contribution is -0.118. The lowest BCUT2D eigenvalue weighted by atomic mass is 10.2. The first-order chi connectivity index (χ1) is 12.6. The zero-order chi connectivity index (χ0) is 18.4. The number of fused-ring (bicyclic) bond motifs is 1. The summed E-state index contributed by atoms with van der Waals surface area (Å²) in [5.74, 6) is 1.63. The average molecular weight is 372 g/mol. The highest BCUT2D eigenvalue weighted by molar-refractivity contribution is 8.00. The quantitative estimate of drug-likeness (QED) is 0.782. The van der Waals surface area contributed by atoms with Gasteiger partial charge in [-0.1, -0.05) is 23.8 Å². The molecule has 0 aromatic heterocycles. The van der Waals surface area contributed by atoms with Crippen molar-refractivity contribution < 1.29 is 19.1 Å². The summed E-state index contributed by atoms with van der Waals surface area (Å²) < 4.78 is 10.6. The molecule has 0 saturated carbocycles. The van der Waals surface area contributed by atoms with Gasteiger partial charge in [-0.05, 0) is 36.8 Å². The molecule has 0 unspecified atom stereocenters. The van der Waals surface area contributed by atoms with E-state index < -0.39 is 0 Å². The Hall–Kier alpha value is -2.67. The molecule has 26 heavy (non-hydrogen) atoms. The van der Waals surface area contributed by atoms with Crippen LogP contribution in [0.3, 0.4) is 0 Å². The predicted octanol–water partition coefficient (Wildman–Crippen LogP) is 2.71. The lowest BCUT2D eigenvalue weighted by Gasteiger charge is -2.07. The first kappa shape index (κ1) is 18.1. The highest BCUT2D eigenvalue weighted by Gasteiger charge is 2.13. The monoisotopic (exact) mass is 372 g/mol. The normalized spacial score (nSPS) is 11.9. The molecule has 1 aliphatic rings. The molecular formula is C19H20N2O4S. The van der Waals surface area contributed by atoms with Crippen molar-refractivity contribution in [1.29, 1.82) is 0 Å². The minimum absolute atomic E-state index is 0.115. The van der Waals surface area contributed by atoms with Gasteiger partial charge in [0.2, 0.25) is 18.6 Å². The smallest absolute Gasteiger partial charge is 0.234 e. The van der Waals surface area contributed by atoms with Crippen LogP contribution in [0.1, 0.15) is 11.1 Å². The summed E-state index contributed by atoms with van der Waals surface area (Å²) in [4.78, 5) is 23.8. The second-order valence-corrected chi connectivity index (χ2v) is 6.86. The van der Waals surface area contributed by atoms with Crippen LogP contribution >= 0.6 is 11.8 Å². The van der Waals surface area contributed by atoms with Crippen LogP contribution < -0.4 is 20.1 Å². The number of aryl methyl sites for hydroxylation is 1. The Morgan fingerprint density at radius 3 is 2.54 bits per heavy atom. The van der Waals surface area contributed by atoms with Gasteiger partial charge >= 0.3 is 0 Å². The summed E-state index contributed by atoms with van der Waals surface area (Å²) in [5, 5.41) is 5.64. The molecule has 1 heterocycles. The fraction of sp³-hybridized carbons (Fsp3) is 0.263. The Balaban J connectivity index is 1.35. The van der Waals surface area contributed by atoms with E-state index in [1.54, 1.807) is 0 Å². The maximum absolute atomic E-state index is 11.9. The fourth-order valence-electron chi connectivity index (χ4n) is 2.37. The summed E-state index contributed by atoms with van der Waals surface area (Å²) >= 11 is 1.28. The molecule has 6 nitrogen and oxygen atoms in total. The van der Waals surface area contributed by atoms with Crippen molar-refractivity contribution in [2.45, 2.75) is 13.5 Å². The lowest BCUT2D eigenvalue weighted by Crippen LogP contribution is -2.25. The Kier molecular flexibility index (Phi) is 6.01. The van der Waals surface area contributed by atoms with E-state index in [9.17, 15) is 9.59 Å². The van der Waals surface area contributed by atoms with Gasteiger partial charge in [0.05, 0.1) is 11.5 Å². The molecule has 0 bridgehead atoms. The van der Waals surface area contributed by atoms with Gasteiger partial charge < -0.3 is 20.1 Å². The maximum atomic E-state index is 11.9. The molecule has 2 N–H and O–H groups in total. The third-order valence-corrected chi connectivity index (χ3v) is 4.66. The Bertz CT molecular complexity index is 793. The number of anilines is 1. The first-order valence-electron chi connectivity index (χ1n) is 8.19. The van der Waals surface area contributed by atoms with Crippen molar-refractivity contribution >= 4 is 29.3 Å². The average Bonchev–Trinajstić information content (AvgIpc) is 3.10. The number of carbonyl (C=O) groups excluding carboxylic acids is 2. The molecule has 2 aromatic carbocycles. The number of rotatable bonds is 7. The number of ether oxygens (including phenoxy) is 2. The summed E-state index contributed by atoms with van der Waals surface area (Å²) in [5.41, 5.74) is 2.83. The molecule has 7 heteroatoms. The van der Waals surface area contributed by atoms with Gasteiger partial charge in [0.1, 0.15) is 0 Å². The molecule has 2 aromatic rings. The van der Waals surface area contributed by atoms with Crippen LogP contribution in [0.5, 0.6) is 11.5 Å². The first-order valence-corrected chi connectivity index (χ1v) is 9.35. The summed E-state index contributed by atoms with van der Waals surface area (Å²) in [6.07, 6.45) is 0. The molecular weight excluding hydrogens is 352 g/mol. The Morgan fingerprint density at radius 1 is 1.00 bits per heavy atom. The minimum atomic E-state index is -0.123. The number of thioether (sulfide) groups is 1. The second-order valence-electron chi connectivity index (χ2n) is 5.87. The summed E-state index contributed by atoms with van der Waals surface area (Å²) in [7, 11) is 0. The molecule has 0 spiro atoms. The van der Waals surface area contributed by atoms with Crippen molar-refractivity contribution in [2.24, 2.45) is 0 Å². The molecule has 136 valence electrons. The Morgan fingerprint density at radius 2 is 1.73 bits per heavy atom. The van der Waals surface area contributed by atoms with E-state index in [0.29, 0.717) is 12.3 Å². The van der Waals surface area contributed by atoms with Gasteiger partial charge in [-0.25, -0.2) is 0 Å². The molecule has 0 radical (unpaired) electrons. The minimum Gasteiger partial charge on any atom is -0.454 e. The van der Waals surface area contributed by atoms with Gasteiger partial charge in [0, 0.05) is 12.2 Å². The van der Waals surface area contributed by atoms with Crippen molar-refractivity contribution in [3.63, 3.8) is 0 Å². The SMILES string of the molecule is Cc1ccc(NC(=O)CSCC(=O)NCc2ccc3c(c2)OCO3)cc1. The number of hydrogen-bond donors (Lipinski definition) is 2. The third kappa shape index (κ3) is 5.16. The predicted molar refractivity (Wildman–Crippen MR) is 102 cm³/mol. The zero-order valence-electron chi connectivity index (χ0n) is 14.4. The third-order valence-electron chi connectivity index (χ3n) is 3.73. The van der Waals surface area contributed by atoms with E-state index in [4.69, 9.17) is 9.47 Å². The summed E-state index contributed by atoms with van der Waals surface area (Å²) in [6.45, 7) is 2.63. The molecule has 0 fully saturated rings. The van der Waals surface area contributed by atoms with Crippen molar-refractivity contribution in [2.75, 3.05) is 23.6 Å². The molecule has 0 saturated heterocycles. The van der Waals surface area contributed by atoms with E-state index in [2.05, 4.69) is 10.6 Å². The van der Waals surface area contributed by atoms with Gasteiger partial charge in [0.25, 0.3) is 0 Å². The number of benzene rings is 2. The number of amides is 2. The second kappa shape index (κ2) is 8.62. The van der Waals surface area contributed by atoms with Gasteiger partial charge in [0.15, 0.2) is 11.5 Å². The van der Waals surface area contributed by atoms with Crippen LogP contribution in [0.2, 0.25) is 0 Å². The summed E-state index contributed by atoms with van der Waals surface area (Å²) in [6, 6.07) is 13.2. The van der Waals surface area contributed by atoms with Gasteiger partial charge in [-0.3, -0.25) is 9.59 Å². The molecule has 3 rings (SSSR count). The number of nitrogens with one attached hydrogen (secondary N) is 2. The number of hydrogen-bond acceptors (Lipinski definition) is 5. The largest absolute Gasteiger partial charge is 0.454 e. The van der Waals surface area contributed by atoms with Gasteiger partial charge in [-0.15, -0.1) is 11.8 Å². The van der Waals surface area contributed by atoms with E-state index in [1.165, 1.54) is 11.8 Å². The van der Waals surface area contributed by atoms with Crippen LogP contribution in [-0.2, 0) is 16.1 Å². The van der Waals surface area contributed by atoms with Crippen LogP contribution in [0.4, 0.5) is 5.69 Å². The zero-order valence-corrected chi connectivity index (χ0v) is 15.2. The van der Waals surface area contributed by atoms with Crippen LogP contribution in [-0.4, -0.2) is 30.1 Å². The maximum Gasteiger partial charge on any atom is 0.234 e. The topological polar surface area (TPSA) is 76.7 Å². The van der Waals surface area contributed by atoms with Crippen molar-refractivity contribution in [3.8, 4) is 11.5 Å². The molecule has 0 aliphatic carbocycles. The highest BCUT2D eigenvalue weighted by Crippen LogP contribution is 2.32. The molecule has 1 aliphatic heterocycles. The Labute approximate surface area is 156 Å². The van der Waals surface area contributed by atoms with Crippen LogP contribution in [0.15, 0.2) is 42.5 Å². The van der Waals surface area contributed by atoms with Crippen molar-refractivity contribution in [1.82, 2.24) is 5.32 Å². The van der Waals surface area contributed by atoms with Crippen LogP contribution in [0.25, 0.3) is 0 Å². The van der Waals surface area contributed by atoms with E-state index >= 15 is 0 Å². The fourth-order valence-corrected chi connectivity index (χ4v) is 3.02. The standard InChI is InChI=1S/C19H20N2O4S/c1-13-2-5-15(6-3-13)21-19(23)11-26-10-18(22)20-9-14-4-7-16-17(8-14)25-12-24-16/h2-8H,9-12H2,1H3,(H,20,22)(H,21,23). The molecule has 0 atom stereocenters. The van der Waals surface area contributed by atoms with E-state index in [0.717, 1.165) is 22.6 Å². The highest BCUT2D eigenvalue weighted by atomic mass is 32.2. The van der Waals surface area contributed by atoms with Crippen LogP contribution in [0, 0.1) is 6.92 Å². The number of carbonyl (C=O) groups is 2. The van der Waals surface area contributed by atoms with Gasteiger partial charge in [-0.2, -0.15) is 0 Å². The van der Waals surface area contributed by atoms with Crippen molar-refractivity contribution in [3.05, 3.63) is 53.6 Å². The molecule has 2 amide bonds. The van der Waals surface area contributed by atoms with E-state index in [-0.39, 0.29) is 30.1 Å².